The molecule has 0 atom stereocenters. The molecule has 0 saturated heterocycles. The molecule has 0 amide bonds. The largest absolute Gasteiger partial charge is 0.497 e. The van der Waals surface area contributed by atoms with Crippen LogP contribution in [0.1, 0.15) is 5.56 Å². The van der Waals surface area contributed by atoms with E-state index in [2.05, 4.69) is 9.71 Å². The lowest BCUT2D eigenvalue weighted by Crippen LogP contribution is -2.26. The normalized spacial score (nSPS) is 11.5. The number of aromatic nitrogens is 1. The number of H-pyrrole nitrogens is 1. The summed E-state index contributed by atoms with van der Waals surface area (Å²) in [6.07, 6.45) is 2.41. The van der Waals surface area contributed by atoms with Gasteiger partial charge in [-0.15, -0.1) is 0 Å². The topological polar surface area (TPSA) is 89.7 Å². The quantitative estimate of drug-likeness (QED) is 0.617. The summed E-state index contributed by atoms with van der Waals surface area (Å²) in [4.78, 5) is 3.26. The number of ether oxygens (including phenoxy) is 3. The molecule has 0 aliphatic rings. The van der Waals surface area contributed by atoms with E-state index in [1.54, 1.807) is 19.2 Å². The standard InChI is InChI=1S/C19H22N2O5S/c1-24-14-4-6-17-16(10-14)13(12-20-17)8-9-21-27(22,23)19-7-5-15(25-2)11-18(19)26-3/h4-7,10-12,20-21H,8-9H2,1-3H3. The van der Waals surface area contributed by atoms with Gasteiger partial charge in [0.1, 0.15) is 22.1 Å². The van der Waals surface area contributed by atoms with Crippen LogP contribution in [0.2, 0.25) is 0 Å². The first kappa shape index (κ1) is 19.1. The van der Waals surface area contributed by atoms with E-state index in [-0.39, 0.29) is 17.2 Å². The Morgan fingerprint density at radius 2 is 1.67 bits per heavy atom. The van der Waals surface area contributed by atoms with Crippen molar-refractivity contribution in [2.24, 2.45) is 0 Å². The second-order valence-electron chi connectivity index (χ2n) is 5.89. The van der Waals surface area contributed by atoms with E-state index >= 15 is 0 Å². The number of benzene rings is 2. The van der Waals surface area contributed by atoms with E-state index in [9.17, 15) is 8.42 Å². The van der Waals surface area contributed by atoms with E-state index in [0.717, 1.165) is 22.2 Å². The van der Waals surface area contributed by atoms with Gasteiger partial charge < -0.3 is 19.2 Å². The Kier molecular flexibility index (Phi) is 5.57. The summed E-state index contributed by atoms with van der Waals surface area (Å²) >= 11 is 0. The monoisotopic (exact) mass is 390 g/mol. The van der Waals surface area contributed by atoms with Crippen LogP contribution in [-0.2, 0) is 16.4 Å². The van der Waals surface area contributed by atoms with Gasteiger partial charge in [-0.3, -0.25) is 0 Å². The Bertz CT molecular complexity index is 1040. The molecule has 0 bridgehead atoms. The summed E-state index contributed by atoms with van der Waals surface area (Å²) < 4.78 is 43.5. The second-order valence-corrected chi connectivity index (χ2v) is 7.63. The third-order valence-electron chi connectivity index (χ3n) is 4.32. The van der Waals surface area contributed by atoms with Crippen molar-refractivity contribution in [2.45, 2.75) is 11.3 Å². The molecule has 8 heteroatoms. The average Bonchev–Trinajstić information content (AvgIpc) is 3.09. The number of sulfonamides is 1. The number of hydrogen-bond donors (Lipinski definition) is 2. The van der Waals surface area contributed by atoms with Gasteiger partial charge in [0.2, 0.25) is 10.0 Å². The molecule has 0 unspecified atom stereocenters. The third-order valence-corrected chi connectivity index (χ3v) is 5.82. The Morgan fingerprint density at radius 1 is 0.963 bits per heavy atom. The van der Waals surface area contributed by atoms with E-state index in [0.29, 0.717) is 12.2 Å². The summed E-state index contributed by atoms with van der Waals surface area (Å²) in [5.74, 6) is 1.52. The first-order valence-electron chi connectivity index (χ1n) is 8.34. The van der Waals surface area contributed by atoms with Crippen molar-refractivity contribution >= 4 is 20.9 Å². The molecule has 7 nitrogen and oxygen atoms in total. The molecule has 27 heavy (non-hydrogen) atoms. The second kappa shape index (κ2) is 7.89. The Morgan fingerprint density at radius 3 is 2.37 bits per heavy atom. The molecule has 1 heterocycles. The number of aromatic amines is 1. The molecule has 0 radical (unpaired) electrons. The predicted molar refractivity (Wildman–Crippen MR) is 103 cm³/mol. The van der Waals surface area contributed by atoms with Crippen molar-refractivity contribution in [2.75, 3.05) is 27.9 Å². The van der Waals surface area contributed by atoms with Gasteiger partial charge in [0.15, 0.2) is 0 Å². The number of rotatable bonds is 8. The molecule has 3 aromatic rings. The van der Waals surface area contributed by atoms with Gasteiger partial charge in [-0.25, -0.2) is 13.1 Å². The summed E-state index contributed by atoms with van der Waals surface area (Å²) in [6.45, 7) is 0.252. The van der Waals surface area contributed by atoms with E-state index < -0.39 is 10.0 Å². The van der Waals surface area contributed by atoms with Gasteiger partial charge in [-0.05, 0) is 42.3 Å². The molecule has 0 fully saturated rings. The summed E-state index contributed by atoms with van der Waals surface area (Å²) in [5.41, 5.74) is 1.98. The Hall–Kier alpha value is -2.71. The summed E-state index contributed by atoms with van der Waals surface area (Å²) in [7, 11) is 0.837. The van der Waals surface area contributed by atoms with Crippen LogP contribution in [0.15, 0.2) is 47.5 Å². The van der Waals surface area contributed by atoms with Crippen LogP contribution in [0, 0.1) is 0 Å². The highest BCUT2D eigenvalue weighted by molar-refractivity contribution is 7.89. The minimum Gasteiger partial charge on any atom is -0.497 e. The maximum Gasteiger partial charge on any atom is 0.244 e. The molecule has 0 spiro atoms. The highest BCUT2D eigenvalue weighted by atomic mass is 32.2. The van der Waals surface area contributed by atoms with Crippen molar-refractivity contribution in [1.29, 1.82) is 0 Å². The maximum absolute atomic E-state index is 12.6. The van der Waals surface area contributed by atoms with Crippen LogP contribution in [0.4, 0.5) is 0 Å². The molecule has 144 valence electrons. The summed E-state index contributed by atoms with van der Waals surface area (Å²) in [6, 6.07) is 10.3. The molecule has 0 aliphatic carbocycles. The molecule has 2 N–H and O–H groups in total. The molecule has 2 aromatic carbocycles. The SMILES string of the molecule is COc1ccc(S(=O)(=O)NCCc2c[nH]c3ccc(OC)cc23)c(OC)c1. The van der Waals surface area contributed by atoms with Crippen molar-refractivity contribution in [3.63, 3.8) is 0 Å². The van der Waals surface area contributed by atoms with Crippen molar-refractivity contribution in [3.05, 3.63) is 48.2 Å². The number of fused-ring (bicyclic) bond motifs is 1. The van der Waals surface area contributed by atoms with Crippen LogP contribution in [0.25, 0.3) is 10.9 Å². The van der Waals surface area contributed by atoms with Gasteiger partial charge in [0, 0.05) is 29.7 Å². The fourth-order valence-corrected chi connectivity index (χ4v) is 4.07. The summed E-state index contributed by atoms with van der Waals surface area (Å²) in [5, 5.41) is 1.01. The van der Waals surface area contributed by atoms with Crippen LogP contribution in [-0.4, -0.2) is 41.3 Å². The third kappa shape index (κ3) is 4.01. The minimum atomic E-state index is -3.71. The van der Waals surface area contributed by atoms with Gasteiger partial charge in [0.05, 0.1) is 21.3 Å². The molecule has 1 aromatic heterocycles. The molecular weight excluding hydrogens is 368 g/mol. The maximum atomic E-state index is 12.6. The smallest absolute Gasteiger partial charge is 0.244 e. The molecule has 0 saturated carbocycles. The lowest BCUT2D eigenvalue weighted by molar-refractivity contribution is 0.386. The lowest BCUT2D eigenvalue weighted by atomic mass is 10.1. The van der Waals surface area contributed by atoms with Gasteiger partial charge in [0.25, 0.3) is 0 Å². The number of methoxy groups -OCH3 is 3. The zero-order valence-corrected chi connectivity index (χ0v) is 16.2. The van der Waals surface area contributed by atoms with Crippen molar-refractivity contribution < 1.29 is 22.6 Å². The van der Waals surface area contributed by atoms with Crippen LogP contribution >= 0.6 is 0 Å². The zero-order chi connectivity index (χ0) is 19.4. The predicted octanol–water partition coefficient (Wildman–Crippen LogP) is 2.71. The van der Waals surface area contributed by atoms with Crippen molar-refractivity contribution in [1.82, 2.24) is 9.71 Å². The zero-order valence-electron chi connectivity index (χ0n) is 15.4. The van der Waals surface area contributed by atoms with Crippen LogP contribution in [0.5, 0.6) is 17.2 Å². The highest BCUT2D eigenvalue weighted by Crippen LogP contribution is 2.28. The Labute approximate surface area is 158 Å². The molecule has 0 aliphatic heterocycles. The minimum absolute atomic E-state index is 0.0754. The first-order chi connectivity index (χ1) is 13.0. The Balaban J connectivity index is 1.75. The lowest BCUT2D eigenvalue weighted by Gasteiger charge is -2.12. The van der Waals surface area contributed by atoms with Crippen molar-refractivity contribution in [3.8, 4) is 17.2 Å². The molecular formula is C19H22N2O5S. The van der Waals surface area contributed by atoms with Crippen LogP contribution < -0.4 is 18.9 Å². The van der Waals surface area contributed by atoms with Gasteiger partial charge in [-0.1, -0.05) is 0 Å². The number of nitrogens with one attached hydrogen (secondary N) is 2. The van der Waals surface area contributed by atoms with Gasteiger partial charge in [-0.2, -0.15) is 0 Å². The average molecular weight is 390 g/mol. The highest BCUT2D eigenvalue weighted by Gasteiger charge is 2.20. The van der Waals surface area contributed by atoms with E-state index in [4.69, 9.17) is 14.2 Å². The molecule has 3 rings (SSSR count). The number of hydrogen-bond acceptors (Lipinski definition) is 5. The first-order valence-corrected chi connectivity index (χ1v) is 9.82. The van der Waals surface area contributed by atoms with Gasteiger partial charge >= 0.3 is 0 Å². The fraction of sp³-hybridized carbons (Fsp3) is 0.263. The van der Waals surface area contributed by atoms with E-state index in [1.807, 2.05) is 24.4 Å². The van der Waals surface area contributed by atoms with Crippen LogP contribution in [0.3, 0.4) is 0 Å². The van der Waals surface area contributed by atoms with E-state index in [1.165, 1.54) is 20.3 Å². The fourth-order valence-electron chi connectivity index (χ4n) is 2.89.